The quantitative estimate of drug-likeness (QED) is 0.804. The lowest BCUT2D eigenvalue weighted by Gasteiger charge is -2.15. The first-order valence-corrected chi connectivity index (χ1v) is 7.38. The highest BCUT2D eigenvalue weighted by Crippen LogP contribution is 2.35. The third-order valence-corrected chi connectivity index (χ3v) is 3.27. The molecule has 0 atom stereocenters. The molecule has 0 unspecified atom stereocenters. The Morgan fingerprint density at radius 1 is 1.20 bits per heavy atom. The van der Waals surface area contributed by atoms with E-state index in [9.17, 15) is 18.0 Å². The number of hydrogen-bond donors (Lipinski definition) is 1. The Labute approximate surface area is 142 Å². The van der Waals surface area contributed by atoms with Gasteiger partial charge in [0.05, 0.1) is 23.4 Å². The number of methoxy groups -OCH3 is 1. The molecule has 25 heavy (non-hydrogen) atoms. The summed E-state index contributed by atoms with van der Waals surface area (Å²) >= 11 is 0. The molecule has 0 saturated heterocycles. The van der Waals surface area contributed by atoms with Crippen LogP contribution in [-0.2, 0) is 10.9 Å². The number of nitrogens with zero attached hydrogens (tertiary/aromatic N) is 1. The number of ether oxygens (including phenoxy) is 2. The van der Waals surface area contributed by atoms with Gasteiger partial charge in [0, 0.05) is 19.0 Å². The number of hydrogen-bond acceptors (Lipinski definition) is 4. The monoisotopic (exact) mass is 354 g/mol. The van der Waals surface area contributed by atoms with Gasteiger partial charge >= 0.3 is 6.18 Å². The van der Waals surface area contributed by atoms with Crippen LogP contribution in [0.3, 0.4) is 0 Å². The van der Waals surface area contributed by atoms with Crippen molar-refractivity contribution in [2.24, 2.45) is 0 Å². The Morgan fingerprint density at radius 3 is 2.56 bits per heavy atom. The van der Waals surface area contributed by atoms with Gasteiger partial charge in [-0.1, -0.05) is 0 Å². The highest BCUT2D eigenvalue weighted by molar-refractivity contribution is 6.04. The lowest BCUT2D eigenvalue weighted by Crippen LogP contribution is -2.15. The van der Waals surface area contributed by atoms with Crippen molar-refractivity contribution in [3.63, 3.8) is 0 Å². The molecule has 134 valence electrons. The van der Waals surface area contributed by atoms with Crippen LogP contribution in [0, 0.1) is 6.92 Å². The molecule has 0 spiro atoms. The lowest BCUT2D eigenvalue weighted by molar-refractivity contribution is -0.137. The molecule has 0 bridgehead atoms. The number of aryl methyl sites for hydroxylation is 1. The molecule has 0 aliphatic heterocycles. The van der Waals surface area contributed by atoms with Crippen LogP contribution in [0.4, 0.5) is 18.9 Å². The summed E-state index contributed by atoms with van der Waals surface area (Å²) in [6.45, 7) is 2.16. The van der Waals surface area contributed by atoms with Crippen LogP contribution in [0.15, 0.2) is 36.5 Å². The lowest BCUT2D eigenvalue weighted by atomic mass is 10.1. The number of anilines is 1. The number of aromatic nitrogens is 1. The van der Waals surface area contributed by atoms with Crippen molar-refractivity contribution >= 4 is 11.6 Å². The molecule has 1 aromatic carbocycles. The molecule has 0 fully saturated rings. The third-order valence-electron chi connectivity index (χ3n) is 3.27. The van der Waals surface area contributed by atoms with Crippen molar-refractivity contribution < 1.29 is 27.4 Å². The number of benzene rings is 1. The number of nitrogens with one attached hydrogen (secondary N) is 1. The van der Waals surface area contributed by atoms with Gasteiger partial charge in [0.15, 0.2) is 0 Å². The van der Waals surface area contributed by atoms with Crippen molar-refractivity contribution in [2.45, 2.75) is 13.1 Å². The number of pyridine rings is 1. The normalized spacial score (nSPS) is 11.2. The van der Waals surface area contributed by atoms with Crippen molar-refractivity contribution in [1.29, 1.82) is 0 Å². The SMILES string of the molecule is COCCOc1ccc(C(F)(F)F)cc1NC(=O)c1ccc(C)nc1. The van der Waals surface area contributed by atoms with Gasteiger partial charge in [0.1, 0.15) is 12.4 Å². The Kier molecular flexibility index (Phi) is 5.97. The summed E-state index contributed by atoms with van der Waals surface area (Å²) in [5.74, 6) is -0.457. The second kappa shape index (κ2) is 7.98. The number of alkyl halides is 3. The molecule has 0 radical (unpaired) electrons. The first kappa shape index (κ1) is 18.7. The zero-order chi connectivity index (χ0) is 18.4. The van der Waals surface area contributed by atoms with Gasteiger partial charge < -0.3 is 14.8 Å². The van der Waals surface area contributed by atoms with Crippen molar-refractivity contribution in [3.05, 3.63) is 53.3 Å². The second-order valence-electron chi connectivity index (χ2n) is 5.19. The van der Waals surface area contributed by atoms with Crippen LogP contribution in [0.2, 0.25) is 0 Å². The van der Waals surface area contributed by atoms with Gasteiger partial charge in [-0.3, -0.25) is 9.78 Å². The van der Waals surface area contributed by atoms with Gasteiger partial charge in [-0.15, -0.1) is 0 Å². The standard InChI is InChI=1S/C17H17F3N2O3/c1-11-3-4-12(10-21-11)16(23)22-14-9-13(17(18,19)20)5-6-15(14)25-8-7-24-2/h3-6,9-10H,7-8H2,1-2H3,(H,22,23). The average molecular weight is 354 g/mol. The van der Waals surface area contributed by atoms with Gasteiger partial charge in [-0.25, -0.2) is 0 Å². The largest absolute Gasteiger partial charge is 0.489 e. The summed E-state index contributed by atoms with van der Waals surface area (Å²) in [5.41, 5.74) is -0.00881. The summed E-state index contributed by atoms with van der Waals surface area (Å²) in [4.78, 5) is 16.2. The zero-order valence-corrected chi connectivity index (χ0v) is 13.7. The highest BCUT2D eigenvalue weighted by Gasteiger charge is 2.31. The third kappa shape index (κ3) is 5.18. The molecule has 0 aliphatic rings. The maximum absolute atomic E-state index is 12.9. The van der Waals surface area contributed by atoms with E-state index in [1.807, 2.05) is 0 Å². The molecular weight excluding hydrogens is 337 g/mol. The molecule has 2 rings (SSSR count). The maximum Gasteiger partial charge on any atom is 0.416 e. The minimum absolute atomic E-state index is 0.0727. The zero-order valence-electron chi connectivity index (χ0n) is 13.7. The van der Waals surface area contributed by atoms with E-state index in [1.54, 1.807) is 13.0 Å². The van der Waals surface area contributed by atoms with Crippen LogP contribution in [0.5, 0.6) is 5.75 Å². The van der Waals surface area contributed by atoms with Gasteiger partial charge in [-0.05, 0) is 37.3 Å². The number of halogens is 3. The van der Waals surface area contributed by atoms with Crippen LogP contribution in [0.25, 0.3) is 0 Å². The number of rotatable bonds is 6. The van der Waals surface area contributed by atoms with Gasteiger partial charge in [0.2, 0.25) is 0 Å². The number of carbonyl (C=O) groups excluding carboxylic acids is 1. The van der Waals surface area contributed by atoms with Crippen molar-refractivity contribution in [1.82, 2.24) is 4.98 Å². The smallest absolute Gasteiger partial charge is 0.416 e. The number of carbonyl (C=O) groups is 1. The fourth-order valence-corrected chi connectivity index (χ4v) is 1.96. The molecular formula is C17H17F3N2O3. The molecule has 0 saturated carbocycles. The van der Waals surface area contributed by atoms with Crippen LogP contribution in [-0.4, -0.2) is 31.2 Å². The fraction of sp³-hybridized carbons (Fsp3) is 0.294. The summed E-state index contributed by atoms with van der Waals surface area (Å²) in [5, 5.41) is 2.44. The first-order chi connectivity index (χ1) is 11.8. The van der Waals surface area contributed by atoms with E-state index in [0.29, 0.717) is 0 Å². The minimum Gasteiger partial charge on any atom is -0.489 e. The predicted octanol–water partition coefficient (Wildman–Crippen LogP) is 3.69. The second-order valence-corrected chi connectivity index (χ2v) is 5.19. The molecule has 1 N–H and O–H groups in total. The summed E-state index contributed by atoms with van der Waals surface area (Å²) in [7, 11) is 1.48. The fourth-order valence-electron chi connectivity index (χ4n) is 1.96. The Morgan fingerprint density at radius 2 is 1.96 bits per heavy atom. The van der Waals surface area contributed by atoms with E-state index in [4.69, 9.17) is 9.47 Å². The molecule has 1 heterocycles. The maximum atomic E-state index is 12.9. The van der Waals surface area contributed by atoms with Crippen molar-refractivity contribution in [3.8, 4) is 5.75 Å². The van der Waals surface area contributed by atoms with Gasteiger partial charge in [-0.2, -0.15) is 13.2 Å². The van der Waals surface area contributed by atoms with Gasteiger partial charge in [0.25, 0.3) is 5.91 Å². The molecule has 0 aliphatic carbocycles. The summed E-state index contributed by atoms with van der Waals surface area (Å²) in [6.07, 6.45) is -3.18. The van der Waals surface area contributed by atoms with E-state index in [0.717, 1.165) is 17.8 Å². The van der Waals surface area contributed by atoms with Crippen LogP contribution in [0.1, 0.15) is 21.6 Å². The summed E-state index contributed by atoms with van der Waals surface area (Å²) in [6, 6.07) is 6.07. The first-order valence-electron chi connectivity index (χ1n) is 7.38. The molecule has 8 heteroatoms. The topological polar surface area (TPSA) is 60.5 Å². The van der Waals surface area contributed by atoms with E-state index < -0.39 is 17.6 Å². The predicted molar refractivity (Wildman–Crippen MR) is 85.7 cm³/mol. The molecule has 5 nitrogen and oxygen atoms in total. The van der Waals surface area contributed by atoms with Crippen LogP contribution < -0.4 is 10.1 Å². The summed E-state index contributed by atoms with van der Waals surface area (Å²) < 4.78 is 49.0. The Hall–Kier alpha value is -2.61. The Bertz CT molecular complexity index is 731. The van der Waals surface area contributed by atoms with Crippen LogP contribution >= 0.6 is 0 Å². The average Bonchev–Trinajstić information content (AvgIpc) is 2.56. The van der Waals surface area contributed by atoms with Crippen molar-refractivity contribution in [2.75, 3.05) is 25.6 Å². The van der Waals surface area contributed by atoms with E-state index in [2.05, 4.69) is 10.3 Å². The molecule has 1 amide bonds. The molecule has 2 aromatic rings. The highest BCUT2D eigenvalue weighted by atomic mass is 19.4. The Balaban J connectivity index is 2.27. The van der Waals surface area contributed by atoms with E-state index in [-0.39, 0.29) is 30.2 Å². The minimum atomic E-state index is -4.53. The van der Waals surface area contributed by atoms with E-state index in [1.165, 1.54) is 25.4 Å². The molecule has 1 aromatic heterocycles. The van der Waals surface area contributed by atoms with E-state index >= 15 is 0 Å². The number of amides is 1.